The lowest BCUT2D eigenvalue weighted by Crippen LogP contribution is -2.43. The van der Waals surface area contributed by atoms with Gasteiger partial charge in [-0.25, -0.2) is 9.97 Å². The Morgan fingerprint density at radius 3 is 3.24 bits per heavy atom. The van der Waals surface area contributed by atoms with Gasteiger partial charge in [0.25, 0.3) is 0 Å². The lowest BCUT2D eigenvalue weighted by molar-refractivity contribution is -0.121. The summed E-state index contributed by atoms with van der Waals surface area (Å²) in [6.07, 6.45) is 6.76. The number of rotatable bonds is 4. The molecule has 0 saturated carbocycles. The van der Waals surface area contributed by atoms with Crippen LogP contribution in [0.25, 0.3) is 11.0 Å². The Kier molecular flexibility index (Phi) is 3.55. The highest BCUT2D eigenvalue weighted by Crippen LogP contribution is 2.29. The van der Waals surface area contributed by atoms with Crippen molar-refractivity contribution < 1.29 is 4.79 Å². The van der Waals surface area contributed by atoms with Crippen LogP contribution < -0.4 is 10.2 Å². The monoisotopic (exact) mass is 286 g/mol. The van der Waals surface area contributed by atoms with E-state index in [0.29, 0.717) is 6.54 Å². The van der Waals surface area contributed by atoms with Crippen LogP contribution in [-0.4, -0.2) is 44.8 Å². The molecule has 3 rings (SSSR count). The SMILES string of the molecule is C=CCNC(=O)C1CCCN1c1ncnc2c1cnn2C. The second-order valence-electron chi connectivity index (χ2n) is 5.09. The molecule has 21 heavy (non-hydrogen) atoms. The zero-order valence-electron chi connectivity index (χ0n) is 12.0. The average Bonchev–Trinajstić information content (AvgIpc) is 3.12. The minimum atomic E-state index is -0.191. The fourth-order valence-corrected chi connectivity index (χ4v) is 2.76. The molecule has 1 aliphatic heterocycles. The van der Waals surface area contributed by atoms with E-state index in [2.05, 4.69) is 27.0 Å². The normalized spacial score (nSPS) is 18.1. The third-order valence-electron chi connectivity index (χ3n) is 3.76. The molecule has 0 bridgehead atoms. The molecule has 1 N–H and O–H groups in total. The van der Waals surface area contributed by atoms with Gasteiger partial charge in [0.1, 0.15) is 18.2 Å². The Hall–Kier alpha value is -2.44. The van der Waals surface area contributed by atoms with Crippen LogP contribution in [0.1, 0.15) is 12.8 Å². The largest absolute Gasteiger partial charge is 0.351 e. The van der Waals surface area contributed by atoms with E-state index in [0.717, 1.165) is 36.2 Å². The number of amides is 1. The van der Waals surface area contributed by atoms with E-state index in [1.165, 1.54) is 6.33 Å². The summed E-state index contributed by atoms with van der Waals surface area (Å²) in [4.78, 5) is 22.9. The summed E-state index contributed by atoms with van der Waals surface area (Å²) in [6.45, 7) is 4.91. The van der Waals surface area contributed by atoms with Crippen molar-refractivity contribution in [2.24, 2.45) is 7.05 Å². The molecule has 3 heterocycles. The van der Waals surface area contributed by atoms with Crippen molar-refractivity contribution >= 4 is 22.8 Å². The summed E-state index contributed by atoms with van der Waals surface area (Å²) in [6, 6.07) is -0.191. The van der Waals surface area contributed by atoms with Crippen LogP contribution >= 0.6 is 0 Å². The van der Waals surface area contributed by atoms with Crippen LogP contribution in [0.2, 0.25) is 0 Å². The molecular formula is C14H18N6O. The molecule has 0 radical (unpaired) electrons. The molecule has 1 unspecified atom stereocenters. The smallest absolute Gasteiger partial charge is 0.243 e. The molecule has 0 aromatic carbocycles. The number of aromatic nitrogens is 4. The third kappa shape index (κ3) is 2.35. The molecule has 1 fully saturated rings. The minimum absolute atomic E-state index is 0.0167. The zero-order chi connectivity index (χ0) is 14.8. The van der Waals surface area contributed by atoms with E-state index in [9.17, 15) is 4.79 Å². The standard InChI is InChI=1S/C14H18N6O/c1-3-6-15-14(21)11-5-4-7-20(11)13-10-8-18-19(2)12(10)16-9-17-13/h3,8-9,11H,1,4-7H2,2H3,(H,15,21). The van der Waals surface area contributed by atoms with Gasteiger partial charge in [0.2, 0.25) is 5.91 Å². The number of carbonyl (C=O) groups is 1. The Morgan fingerprint density at radius 2 is 2.43 bits per heavy atom. The van der Waals surface area contributed by atoms with Crippen LogP contribution in [-0.2, 0) is 11.8 Å². The predicted molar refractivity (Wildman–Crippen MR) is 79.9 cm³/mol. The van der Waals surface area contributed by atoms with Crippen molar-refractivity contribution in [2.45, 2.75) is 18.9 Å². The third-order valence-corrected chi connectivity index (χ3v) is 3.76. The molecule has 2 aromatic heterocycles. The Bertz CT molecular complexity index is 679. The summed E-state index contributed by atoms with van der Waals surface area (Å²) in [5.41, 5.74) is 0.775. The van der Waals surface area contributed by atoms with Crippen LogP contribution in [0.4, 0.5) is 5.82 Å². The quantitative estimate of drug-likeness (QED) is 0.835. The van der Waals surface area contributed by atoms with Crippen molar-refractivity contribution in [3.8, 4) is 0 Å². The first kappa shape index (κ1) is 13.5. The highest BCUT2D eigenvalue weighted by Gasteiger charge is 2.32. The van der Waals surface area contributed by atoms with Crippen molar-refractivity contribution in [2.75, 3.05) is 18.0 Å². The van der Waals surface area contributed by atoms with Gasteiger partial charge in [-0.15, -0.1) is 6.58 Å². The first-order chi connectivity index (χ1) is 10.2. The number of hydrogen-bond acceptors (Lipinski definition) is 5. The number of fused-ring (bicyclic) bond motifs is 1. The van der Waals surface area contributed by atoms with Gasteiger partial charge in [-0.2, -0.15) is 5.10 Å². The molecular weight excluding hydrogens is 268 g/mol. The Labute approximate surface area is 122 Å². The first-order valence-electron chi connectivity index (χ1n) is 7.00. The number of aryl methyl sites for hydroxylation is 1. The summed E-state index contributed by atoms with van der Waals surface area (Å²) in [7, 11) is 1.84. The van der Waals surface area contributed by atoms with Gasteiger partial charge >= 0.3 is 0 Å². The minimum Gasteiger partial charge on any atom is -0.351 e. The van der Waals surface area contributed by atoms with E-state index >= 15 is 0 Å². The van der Waals surface area contributed by atoms with Crippen LogP contribution in [0.5, 0.6) is 0 Å². The van der Waals surface area contributed by atoms with E-state index in [1.54, 1.807) is 17.0 Å². The molecule has 1 atom stereocenters. The maximum absolute atomic E-state index is 12.3. The fraction of sp³-hybridized carbons (Fsp3) is 0.429. The number of nitrogens with one attached hydrogen (secondary N) is 1. The average molecular weight is 286 g/mol. The van der Waals surface area contributed by atoms with Crippen molar-refractivity contribution in [3.05, 3.63) is 25.2 Å². The Balaban J connectivity index is 1.93. The molecule has 7 heteroatoms. The van der Waals surface area contributed by atoms with Gasteiger partial charge in [0.15, 0.2) is 5.65 Å². The lowest BCUT2D eigenvalue weighted by atomic mass is 10.2. The fourth-order valence-electron chi connectivity index (χ4n) is 2.76. The van der Waals surface area contributed by atoms with E-state index in [4.69, 9.17) is 0 Å². The van der Waals surface area contributed by atoms with E-state index < -0.39 is 0 Å². The zero-order valence-corrected chi connectivity index (χ0v) is 12.0. The Morgan fingerprint density at radius 1 is 1.57 bits per heavy atom. The molecule has 1 aliphatic rings. The van der Waals surface area contributed by atoms with Gasteiger partial charge in [-0.3, -0.25) is 9.48 Å². The van der Waals surface area contributed by atoms with Crippen molar-refractivity contribution in [1.82, 2.24) is 25.1 Å². The van der Waals surface area contributed by atoms with Gasteiger partial charge in [-0.05, 0) is 12.8 Å². The molecule has 1 amide bonds. The predicted octanol–water partition coefficient (Wildman–Crippen LogP) is 0.634. The molecule has 0 spiro atoms. The summed E-state index contributed by atoms with van der Waals surface area (Å²) in [5, 5.41) is 7.96. The molecule has 1 saturated heterocycles. The van der Waals surface area contributed by atoms with Gasteiger partial charge in [0.05, 0.1) is 11.6 Å². The first-order valence-corrected chi connectivity index (χ1v) is 7.00. The van der Waals surface area contributed by atoms with Gasteiger partial charge in [-0.1, -0.05) is 6.08 Å². The van der Waals surface area contributed by atoms with E-state index in [1.807, 2.05) is 11.9 Å². The van der Waals surface area contributed by atoms with Crippen LogP contribution in [0.3, 0.4) is 0 Å². The maximum Gasteiger partial charge on any atom is 0.243 e. The van der Waals surface area contributed by atoms with Crippen LogP contribution in [0, 0.1) is 0 Å². The van der Waals surface area contributed by atoms with Gasteiger partial charge < -0.3 is 10.2 Å². The number of anilines is 1. The number of carbonyl (C=O) groups excluding carboxylic acids is 1. The van der Waals surface area contributed by atoms with Crippen molar-refractivity contribution in [1.29, 1.82) is 0 Å². The number of nitrogens with zero attached hydrogens (tertiary/aromatic N) is 5. The lowest BCUT2D eigenvalue weighted by Gasteiger charge is -2.25. The van der Waals surface area contributed by atoms with Crippen LogP contribution in [0.15, 0.2) is 25.2 Å². The summed E-state index contributed by atoms with van der Waals surface area (Å²) >= 11 is 0. The molecule has 0 aliphatic carbocycles. The van der Waals surface area contributed by atoms with Crippen molar-refractivity contribution in [3.63, 3.8) is 0 Å². The highest BCUT2D eigenvalue weighted by atomic mass is 16.2. The van der Waals surface area contributed by atoms with Gasteiger partial charge in [0, 0.05) is 20.1 Å². The highest BCUT2D eigenvalue weighted by molar-refractivity contribution is 5.91. The summed E-state index contributed by atoms with van der Waals surface area (Å²) < 4.78 is 1.71. The second kappa shape index (κ2) is 5.51. The second-order valence-corrected chi connectivity index (χ2v) is 5.09. The molecule has 110 valence electrons. The topological polar surface area (TPSA) is 75.9 Å². The number of hydrogen-bond donors (Lipinski definition) is 1. The maximum atomic E-state index is 12.3. The molecule has 2 aromatic rings. The van der Waals surface area contributed by atoms with E-state index in [-0.39, 0.29) is 11.9 Å². The summed E-state index contributed by atoms with van der Waals surface area (Å²) in [5.74, 6) is 0.799. The molecule has 7 nitrogen and oxygen atoms in total.